The van der Waals surface area contributed by atoms with Crippen molar-refractivity contribution in [3.05, 3.63) is 35.4 Å². The summed E-state index contributed by atoms with van der Waals surface area (Å²) in [6.07, 6.45) is 0.411. The molecular formula is C18H24N2O4S. The molecule has 0 aromatic heterocycles. The highest BCUT2D eigenvalue weighted by Crippen LogP contribution is 2.26. The molecule has 136 valence electrons. The average molecular weight is 364 g/mol. The second kappa shape index (κ2) is 7.91. The molecule has 6 nitrogen and oxygen atoms in total. The molecule has 0 radical (unpaired) electrons. The lowest BCUT2D eigenvalue weighted by molar-refractivity contribution is -0.139. The van der Waals surface area contributed by atoms with Crippen molar-refractivity contribution in [1.82, 2.24) is 10.2 Å². The van der Waals surface area contributed by atoms with Crippen molar-refractivity contribution in [3.8, 4) is 0 Å². The first-order valence-corrected chi connectivity index (χ1v) is 9.30. The maximum Gasteiger partial charge on any atom is 0.335 e. The number of aromatic carboxylic acids is 1. The van der Waals surface area contributed by atoms with Crippen molar-refractivity contribution in [2.24, 2.45) is 5.41 Å². The molecule has 1 aliphatic rings. The van der Waals surface area contributed by atoms with Crippen molar-refractivity contribution in [3.63, 3.8) is 0 Å². The van der Waals surface area contributed by atoms with Crippen molar-refractivity contribution in [1.29, 1.82) is 0 Å². The number of nitrogens with zero attached hydrogens (tertiary/aromatic N) is 1. The number of benzene rings is 1. The first-order chi connectivity index (χ1) is 11.7. The van der Waals surface area contributed by atoms with Crippen LogP contribution in [0.5, 0.6) is 0 Å². The molecule has 2 rings (SSSR count). The fourth-order valence-electron chi connectivity index (χ4n) is 2.53. The van der Waals surface area contributed by atoms with Gasteiger partial charge in [0.15, 0.2) is 0 Å². The third kappa shape index (κ3) is 5.49. The average Bonchev–Trinajstić information content (AvgIpc) is 3.01. The van der Waals surface area contributed by atoms with Gasteiger partial charge < -0.3 is 15.3 Å². The molecule has 7 heteroatoms. The molecule has 1 saturated heterocycles. The van der Waals surface area contributed by atoms with Crippen LogP contribution in [0.4, 0.5) is 0 Å². The first-order valence-electron chi connectivity index (χ1n) is 8.14. The van der Waals surface area contributed by atoms with Gasteiger partial charge >= 0.3 is 5.97 Å². The van der Waals surface area contributed by atoms with Gasteiger partial charge in [0.25, 0.3) is 0 Å². The second-order valence-electron chi connectivity index (χ2n) is 7.34. The van der Waals surface area contributed by atoms with Crippen LogP contribution in [0, 0.1) is 5.41 Å². The summed E-state index contributed by atoms with van der Waals surface area (Å²) in [6, 6.07) is 5.92. The monoisotopic (exact) mass is 364 g/mol. The molecule has 1 fully saturated rings. The maximum atomic E-state index is 12.5. The molecule has 1 heterocycles. The summed E-state index contributed by atoms with van der Waals surface area (Å²) in [4.78, 5) is 37.4. The van der Waals surface area contributed by atoms with Gasteiger partial charge in [-0.15, -0.1) is 11.8 Å². The van der Waals surface area contributed by atoms with Crippen LogP contribution in [0.1, 0.15) is 43.1 Å². The molecule has 1 aliphatic heterocycles. The lowest BCUT2D eigenvalue weighted by Crippen LogP contribution is -2.47. The minimum Gasteiger partial charge on any atom is -0.478 e. The Balaban J connectivity index is 1.93. The zero-order valence-electron chi connectivity index (χ0n) is 14.7. The molecule has 0 bridgehead atoms. The van der Waals surface area contributed by atoms with E-state index in [1.165, 1.54) is 12.1 Å². The Morgan fingerprint density at radius 3 is 2.44 bits per heavy atom. The SMILES string of the molecule is CC(C)(C)CC(=O)N1CSCC1C(=O)NCc1ccc(C(=O)O)cc1. The number of carboxylic acid groups (broad SMARTS) is 1. The van der Waals surface area contributed by atoms with E-state index in [0.717, 1.165) is 5.56 Å². The molecule has 1 aromatic rings. The van der Waals surface area contributed by atoms with E-state index in [2.05, 4.69) is 5.32 Å². The molecule has 1 aromatic carbocycles. The third-order valence-electron chi connectivity index (χ3n) is 3.85. The minimum absolute atomic E-state index is 0.00320. The van der Waals surface area contributed by atoms with Crippen LogP contribution in [-0.2, 0) is 16.1 Å². The lowest BCUT2D eigenvalue weighted by atomic mass is 9.91. The van der Waals surface area contributed by atoms with Gasteiger partial charge in [-0.2, -0.15) is 0 Å². The fourth-order valence-corrected chi connectivity index (χ4v) is 3.71. The van der Waals surface area contributed by atoms with Gasteiger partial charge in [-0.05, 0) is 23.1 Å². The predicted molar refractivity (Wildman–Crippen MR) is 97.3 cm³/mol. The van der Waals surface area contributed by atoms with Crippen LogP contribution in [0.25, 0.3) is 0 Å². The van der Waals surface area contributed by atoms with Gasteiger partial charge in [-0.3, -0.25) is 9.59 Å². The second-order valence-corrected chi connectivity index (χ2v) is 8.34. The topological polar surface area (TPSA) is 86.7 Å². The van der Waals surface area contributed by atoms with Crippen LogP contribution in [0.3, 0.4) is 0 Å². The number of thioether (sulfide) groups is 1. The molecule has 0 spiro atoms. The predicted octanol–water partition coefficient (Wildman–Crippen LogP) is 2.34. The molecule has 2 N–H and O–H groups in total. The van der Waals surface area contributed by atoms with Gasteiger partial charge in [0.2, 0.25) is 11.8 Å². The summed E-state index contributed by atoms with van der Waals surface area (Å²) >= 11 is 1.58. The van der Waals surface area contributed by atoms with E-state index in [1.807, 2.05) is 20.8 Å². The highest BCUT2D eigenvalue weighted by Gasteiger charge is 2.35. The van der Waals surface area contributed by atoms with Crippen LogP contribution in [0.15, 0.2) is 24.3 Å². The van der Waals surface area contributed by atoms with Gasteiger partial charge in [-0.25, -0.2) is 4.79 Å². The Morgan fingerprint density at radius 1 is 1.24 bits per heavy atom. The Hall–Kier alpha value is -2.02. The minimum atomic E-state index is -0.980. The van der Waals surface area contributed by atoms with Crippen LogP contribution < -0.4 is 5.32 Å². The van der Waals surface area contributed by atoms with Crippen molar-refractivity contribution in [2.75, 3.05) is 11.6 Å². The number of carbonyl (C=O) groups is 3. The zero-order valence-corrected chi connectivity index (χ0v) is 15.6. The smallest absolute Gasteiger partial charge is 0.335 e. The molecule has 1 atom stereocenters. The maximum absolute atomic E-state index is 12.5. The number of carbonyl (C=O) groups excluding carboxylic acids is 2. The van der Waals surface area contributed by atoms with E-state index in [9.17, 15) is 14.4 Å². The van der Waals surface area contributed by atoms with E-state index in [1.54, 1.807) is 28.8 Å². The third-order valence-corrected chi connectivity index (χ3v) is 4.87. The Labute approximate surface area is 152 Å². The number of nitrogens with one attached hydrogen (secondary N) is 1. The fraction of sp³-hybridized carbons (Fsp3) is 0.500. The molecular weight excluding hydrogens is 340 g/mol. The normalized spacial score (nSPS) is 17.4. The van der Waals surface area contributed by atoms with Gasteiger partial charge in [0.1, 0.15) is 6.04 Å². The van der Waals surface area contributed by atoms with Gasteiger partial charge in [0, 0.05) is 18.7 Å². The standard InChI is InChI=1S/C18H24N2O4S/c1-18(2,3)8-15(21)20-11-25-10-14(20)16(22)19-9-12-4-6-13(7-5-12)17(23)24/h4-7,14H,8-11H2,1-3H3,(H,19,22)(H,23,24). The molecule has 0 saturated carbocycles. The molecule has 0 aliphatic carbocycles. The molecule has 25 heavy (non-hydrogen) atoms. The Bertz CT molecular complexity index is 652. The number of carboxylic acids is 1. The van der Waals surface area contributed by atoms with E-state index < -0.39 is 12.0 Å². The van der Waals surface area contributed by atoms with Crippen LogP contribution in [-0.4, -0.2) is 45.5 Å². The van der Waals surface area contributed by atoms with E-state index in [-0.39, 0.29) is 22.8 Å². The van der Waals surface area contributed by atoms with Crippen molar-refractivity contribution in [2.45, 2.75) is 39.8 Å². The number of rotatable bonds is 5. The highest BCUT2D eigenvalue weighted by atomic mass is 32.2. The summed E-state index contributed by atoms with van der Waals surface area (Å²) in [6.45, 7) is 6.32. The van der Waals surface area contributed by atoms with E-state index in [4.69, 9.17) is 5.11 Å². The highest BCUT2D eigenvalue weighted by molar-refractivity contribution is 7.99. The molecule has 1 unspecified atom stereocenters. The molecule has 2 amide bonds. The van der Waals surface area contributed by atoms with E-state index in [0.29, 0.717) is 24.6 Å². The van der Waals surface area contributed by atoms with Gasteiger partial charge in [0.05, 0.1) is 11.4 Å². The first kappa shape index (κ1) is 19.3. The summed E-state index contributed by atoms with van der Waals surface area (Å²) in [7, 11) is 0. The summed E-state index contributed by atoms with van der Waals surface area (Å²) in [5.74, 6) is -0.00965. The number of hydrogen-bond donors (Lipinski definition) is 2. The number of hydrogen-bond acceptors (Lipinski definition) is 4. The quantitative estimate of drug-likeness (QED) is 0.837. The Kier molecular flexibility index (Phi) is 6.11. The van der Waals surface area contributed by atoms with Crippen LogP contribution in [0.2, 0.25) is 0 Å². The zero-order chi connectivity index (χ0) is 18.6. The largest absolute Gasteiger partial charge is 0.478 e. The van der Waals surface area contributed by atoms with Crippen molar-refractivity contribution < 1.29 is 19.5 Å². The Morgan fingerprint density at radius 2 is 1.88 bits per heavy atom. The van der Waals surface area contributed by atoms with Crippen molar-refractivity contribution >= 4 is 29.5 Å². The number of amides is 2. The lowest BCUT2D eigenvalue weighted by Gasteiger charge is -2.26. The summed E-state index contributed by atoms with van der Waals surface area (Å²) in [5, 5.41) is 11.7. The van der Waals surface area contributed by atoms with Gasteiger partial charge in [-0.1, -0.05) is 32.9 Å². The summed E-state index contributed by atoms with van der Waals surface area (Å²) in [5.41, 5.74) is 0.912. The summed E-state index contributed by atoms with van der Waals surface area (Å²) < 4.78 is 0. The van der Waals surface area contributed by atoms with Crippen LogP contribution >= 0.6 is 11.8 Å². The van der Waals surface area contributed by atoms with E-state index >= 15 is 0 Å².